The quantitative estimate of drug-likeness (QED) is 0.748. The van der Waals surface area contributed by atoms with Gasteiger partial charge in [-0.25, -0.2) is 0 Å². The lowest BCUT2D eigenvalue weighted by molar-refractivity contribution is 0.410. The predicted molar refractivity (Wildman–Crippen MR) is 58.2 cm³/mol. The van der Waals surface area contributed by atoms with Crippen molar-refractivity contribution in [3.8, 4) is 5.75 Å². The lowest BCUT2D eigenvalue weighted by Gasteiger charge is -2.30. The Labute approximate surface area is 88.9 Å². The van der Waals surface area contributed by atoms with Gasteiger partial charge in [-0.1, -0.05) is 11.6 Å². The standard InChI is InChI=1S/C11H14ClNO/c1-6-3-9(12)7(2)10(11(6)14)8-4-13-5-8/h3,8,13-14H,4-5H2,1-2H3. The molecule has 0 aromatic heterocycles. The molecule has 2 rings (SSSR count). The maximum Gasteiger partial charge on any atom is 0.122 e. The molecule has 0 amide bonds. The topological polar surface area (TPSA) is 32.3 Å². The summed E-state index contributed by atoms with van der Waals surface area (Å²) in [6, 6.07) is 1.82. The molecule has 2 N–H and O–H groups in total. The van der Waals surface area contributed by atoms with E-state index in [0.29, 0.717) is 11.7 Å². The van der Waals surface area contributed by atoms with E-state index in [1.165, 1.54) is 0 Å². The first-order chi connectivity index (χ1) is 6.61. The number of benzene rings is 1. The molecule has 0 atom stereocenters. The summed E-state index contributed by atoms with van der Waals surface area (Å²) in [5, 5.41) is 13.9. The Hall–Kier alpha value is -0.730. The molecule has 1 aromatic rings. The molecular weight excluding hydrogens is 198 g/mol. The first-order valence-electron chi connectivity index (χ1n) is 4.80. The van der Waals surface area contributed by atoms with E-state index in [9.17, 15) is 5.11 Å². The van der Waals surface area contributed by atoms with Crippen LogP contribution in [0.5, 0.6) is 5.75 Å². The molecule has 2 nitrogen and oxygen atoms in total. The highest BCUT2D eigenvalue weighted by Crippen LogP contribution is 2.37. The molecule has 0 spiro atoms. The van der Waals surface area contributed by atoms with Crippen molar-refractivity contribution >= 4 is 11.6 Å². The number of rotatable bonds is 1. The Morgan fingerprint density at radius 3 is 2.57 bits per heavy atom. The van der Waals surface area contributed by atoms with E-state index < -0.39 is 0 Å². The van der Waals surface area contributed by atoms with Gasteiger partial charge >= 0.3 is 0 Å². The summed E-state index contributed by atoms with van der Waals surface area (Å²) in [6.45, 7) is 5.73. The first-order valence-corrected chi connectivity index (χ1v) is 5.18. The van der Waals surface area contributed by atoms with Crippen LogP contribution in [0.1, 0.15) is 22.6 Å². The zero-order valence-corrected chi connectivity index (χ0v) is 9.15. The Bertz CT molecular complexity index is 346. The maximum atomic E-state index is 9.95. The highest BCUT2D eigenvalue weighted by atomic mass is 35.5. The van der Waals surface area contributed by atoms with Crippen LogP contribution in [0.3, 0.4) is 0 Å². The molecule has 14 heavy (non-hydrogen) atoms. The third-order valence-corrected chi connectivity index (χ3v) is 3.32. The summed E-state index contributed by atoms with van der Waals surface area (Å²) >= 11 is 6.08. The molecule has 0 bridgehead atoms. The van der Waals surface area contributed by atoms with Gasteiger partial charge in [0.05, 0.1) is 0 Å². The van der Waals surface area contributed by atoms with Crippen molar-refractivity contribution in [3.63, 3.8) is 0 Å². The fourth-order valence-corrected chi connectivity index (χ4v) is 2.14. The van der Waals surface area contributed by atoms with Gasteiger partial charge in [0.2, 0.25) is 0 Å². The number of aryl methyl sites for hydroxylation is 1. The van der Waals surface area contributed by atoms with E-state index in [2.05, 4.69) is 5.32 Å². The average molecular weight is 212 g/mol. The monoisotopic (exact) mass is 211 g/mol. The third-order valence-electron chi connectivity index (χ3n) is 2.92. The molecule has 1 fully saturated rings. The summed E-state index contributed by atoms with van der Waals surface area (Å²) < 4.78 is 0. The largest absolute Gasteiger partial charge is 0.507 e. The van der Waals surface area contributed by atoms with Crippen LogP contribution in [-0.2, 0) is 0 Å². The van der Waals surface area contributed by atoms with Crippen LogP contribution in [0, 0.1) is 13.8 Å². The lowest BCUT2D eigenvalue weighted by Crippen LogP contribution is -2.40. The normalized spacial score (nSPS) is 16.8. The highest BCUT2D eigenvalue weighted by molar-refractivity contribution is 6.31. The van der Waals surface area contributed by atoms with Gasteiger partial charge in [0.15, 0.2) is 0 Å². The van der Waals surface area contributed by atoms with Gasteiger partial charge in [-0.2, -0.15) is 0 Å². The summed E-state index contributed by atoms with van der Waals surface area (Å²) in [6.07, 6.45) is 0. The molecule has 1 heterocycles. The van der Waals surface area contributed by atoms with Crippen molar-refractivity contribution in [2.75, 3.05) is 13.1 Å². The maximum absolute atomic E-state index is 9.95. The van der Waals surface area contributed by atoms with Crippen LogP contribution in [0.2, 0.25) is 5.02 Å². The molecule has 1 aromatic carbocycles. The molecule has 0 radical (unpaired) electrons. The average Bonchev–Trinajstić information content (AvgIpc) is 2.06. The Morgan fingerprint density at radius 2 is 2.07 bits per heavy atom. The number of aromatic hydroxyl groups is 1. The van der Waals surface area contributed by atoms with Crippen LogP contribution in [0.4, 0.5) is 0 Å². The summed E-state index contributed by atoms with van der Waals surface area (Å²) in [5.74, 6) is 0.839. The van der Waals surface area contributed by atoms with Crippen molar-refractivity contribution in [1.82, 2.24) is 5.32 Å². The minimum atomic E-state index is 0.415. The molecule has 76 valence electrons. The lowest BCUT2D eigenvalue weighted by atomic mass is 9.88. The molecule has 1 saturated heterocycles. The SMILES string of the molecule is Cc1cc(Cl)c(C)c(C2CNC2)c1O. The minimum Gasteiger partial charge on any atom is -0.507 e. The number of hydrogen-bond donors (Lipinski definition) is 2. The first kappa shape index (κ1) is 9.81. The molecule has 3 heteroatoms. The highest BCUT2D eigenvalue weighted by Gasteiger charge is 2.25. The fraction of sp³-hybridized carbons (Fsp3) is 0.455. The Kier molecular flexibility index (Phi) is 2.41. The molecule has 0 unspecified atom stereocenters. The van der Waals surface area contributed by atoms with E-state index >= 15 is 0 Å². The van der Waals surface area contributed by atoms with Crippen LogP contribution < -0.4 is 5.32 Å². The molecule has 1 aliphatic heterocycles. The Balaban J connectivity index is 2.54. The van der Waals surface area contributed by atoms with Crippen LogP contribution in [0.15, 0.2) is 6.07 Å². The van der Waals surface area contributed by atoms with E-state index in [1.807, 2.05) is 19.9 Å². The van der Waals surface area contributed by atoms with Gasteiger partial charge in [0.25, 0.3) is 0 Å². The molecule has 0 aliphatic carbocycles. The number of hydrogen-bond acceptors (Lipinski definition) is 2. The van der Waals surface area contributed by atoms with Gasteiger partial charge in [-0.15, -0.1) is 0 Å². The van der Waals surface area contributed by atoms with Gasteiger partial charge < -0.3 is 10.4 Å². The van der Waals surface area contributed by atoms with Crippen molar-refractivity contribution in [3.05, 3.63) is 27.8 Å². The number of nitrogens with one attached hydrogen (secondary N) is 1. The van der Waals surface area contributed by atoms with Gasteiger partial charge in [-0.3, -0.25) is 0 Å². The van der Waals surface area contributed by atoms with Gasteiger partial charge in [-0.05, 0) is 31.0 Å². The summed E-state index contributed by atoms with van der Waals surface area (Å²) in [4.78, 5) is 0. The number of phenols is 1. The van der Waals surface area contributed by atoms with Gasteiger partial charge in [0.1, 0.15) is 5.75 Å². The smallest absolute Gasteiger partial charge is 0.122 e. The number of halogens is 1. The predicted octanol–water partition coefficient (Wildman–Crippen LogP) is 2.35. The van der Waals surface area contributed by atoms with Crippen LogP contribution in [0.25, 0.3) is 0 Å². The van der Waals surface area contributed by atoms with Crippen LogP contribution >= 0.6 is 11.6 Å². The molecule has 0 saturated carbocycles. The minimum absolute atomic E-state index is 0.415. The van der Waals surface area contributed by atoms with E-state index in [1.54, 1.807) is 0 Å². The van der Waals surface area contributed by atoms with Crippen molar-refractivity contribution in [2.24, 2.45) is 0 Å². The fourth-order valence-electron chi connectivity index (χ4n) is 1.88. The summed E-state index contributed by atoms with van der Waals surface area (Å²) in [7, 11) is 0. The van der Waals surface area contributed by atoms with E-state index in [-0.39, 0.29) is 0 Å². The second-order valence-corrected chi connectivity index (χ2v) is 4.32. The second-order valence-electron chi connectivity index (χ2n) is 3.92. The molecular formula is C11H14ClNO. The van der Waals surface area contributed by atoms with Crippen molar-refractivity contribution in [2.45, 2.75) is 19.8 Å². The third kappa shape index (κ3) is 1.39. The second kappa shape index (κ2) is 3.44. The number of phenolic OH excluding ortho intramolecular Hbond substituents is 1. The summed E-state index contributed by atoms with van der Waals surface area (Å²) in [5.41, 5.74) is 2.90. The zero-order chi connectivity index (χ0) is 10.3. The molecule has 1 aliphatic rings. The van der Waals surface area contributed by atoms with Crippen LogP contribution in [-0.4, -0.2) is 18.2 Å². The van der Waals surface area contributed by atoms with Crippen molar-refractivity contribution in [1.29, 1.82) is 0 Å². The van der Waals surface area contributed by atoms with E-state index in [0.717, 1.165) is 34.8 Å². The van der Waals surface area contributed by atoms with Crippen molar-refractivity contribution < 1.29 is 5.11 Å². The van der Waals surface area contributed by atoms with E-state index in [4.69, 9.17) is 11.6 Å². The Morgan fingerprint density at radius 1 is 1.43 bits per heavy atom. The van der Waals surface area contributed by atoms with Gasteiger partial charge in [0, 0.05) is 29.6 Å². The zero-order valence-electron chi connectivity index (χ0n) is 8.39.